The van der Waals surface area contributed by atoms with Crippen molar-refractivity contribution in [2.24, 2.45) is 0 Å². The first kappa shape index (κ1) is 24.1. The van der Waals surface area contributed by atoms with Crippen molar-refractivity contribution in [3.8, 4) is 11.1 Å². The van der Waals surface area contributed by atoms with Crippen LogP contribution in [0.2, 0.25) is 0 Å². The molecule has 31 heavy (non-hydrogen) atoms. The van der Waals surface area contributed by atoms with Crippen molar-refractivity contribution in [2.45, 2.75) is 32.7 Å². The van der Waals surface area contributed by atoms with E-state index in [0.717, 1.165) is 38.0 Å². The van der Waals surface area contributed by atoms with Crippen LogP contribution in [-0.4, -0.2) is 18.6 Å². The van der Waals surface area contributed by atoms with Crippen LogP contribution in [0.25, 0.3) is 16.7 Å². The first-order valence-corrected chi connectivity index (χ1v) is 10.9. The van der Waals surface area contributed by atoms with Crippen molar-refractivity contribution < 1.29 is 0 Å². The molecule has 0 aliphatic heterocycles. The maximum atomic E-state index is 4.25. The summed E-state index contributed by atoms with van der Waals surface area (Å²) in [5.74, 6) is 0. The molecule has 162 valence electrons. The fourth-order valence-electron chi connectivity index (χ4n) is 3.24. The highest BCUT2D eigenvalue weighted by Gasteiger charge is 2.03. The number of nitrogens with one attached hydrogen (secondary N) is 2. The molecular weight excluding hydrogens is 378 g/mol. The highest BCUT2D eigenvalue weighted by molar-refractivity contribution is 5.72. The Labute approximate surface area is 188 Å². The minimum atomic E-state index is 0.848. The Kier molecular flexibility index (Phi) is 10.8. The van der Waals surface area contributed by atoms with Crippen molar-refractivity contribution in [1.82, 2.24) is 15.6 Å². The lowest BCUT2D eigenvalue weighted by atomic mass is 9.96. The molecule has 3 aromatic rings. The number of aryl methyl sites for hydroxylation is 1. The van der Waals surface area contributed by atoms with E-state index in [1.54, 1.807) is 12.4 Å². The lowest BCUT2D eigenvalue weighted by molar-refractivity contribution is 0.710. The predicted octanol–water partition coefficient (Wildman–Crippen LogP) is 6.38. The summed E-state index contributed by atoms with van der Waals surface area (Å²) in [6.45, 7) is 11.9. The van der Waals surface area contributed by atoms with Gasteiger partial charge in [0.05, 0.1) is 5.69 Å². The van der Waals surface area contributed by atoms with E-state index in [-0.39, 0.29) is 0 Å². The lowest BCUT2D eigenvalue weighted by Crippen LogP contribution is -2.05. The molecule has 0 spiro atoms. The Hall–Kier alpha value is -3.17. The van der Waals surface area contributed by atoms with Crippen molar-refractivity contribution in [3.63, 3.8) is 0 Å². The van der Waals surface area contributed by atoms with Crippen LogP contribution in [0.4, 0.5) is 0 Å². The molecule has 0 saturated carbocycles. The third-order valence-corrected chi connectivity index (χ3v) is 4.90. The highest BCUT2D eigenvalue weighted by atomic mass is 14.8. The summed E-state index contributed by atoms with van der Waals surface area (Å²) in [5, 5.41) is 6.15. The zero-order valence-corrected chi connectivity index (χ0v) is 18.9. The molecule has 0 atom stereocenters. The second-order valence-corrected chi connectivity index (χ2v) is 7.52. The molecule has 0 amide bonds. The maximum Gasteiger partial charge on any atom is 0.0541 e. The molecular formula is C28H35N3. The summed E-state index contributed by atoms with van der Waals surface area (Å²) in [7, 11) is 1.91. The van der Waals surface area contributed by atoms with Gasteiger partial charge in [0.1, 0.15) is 0 Å². The van der Waals surface area contributed by atoms with E-state index in [9.17, 15) is 0 Å². The molecule has 0 unspecified atom stereocenters. The molecule has 0 saturated heterocycles. The standard InChI is InChI=1S/C21H25N.C7H10N2/c1-4-22-14-6-5-10-18(3)19-11-8-13-21(16-19)20-12-7-9-17(2)15-20;1-8-6-7-4-2-3-5-9-7/h4,7-9,11-13,15-16,22H,1,3,5-6,10,14H2,2H3;2-5,8H,6H2,1H3. The predicted molar refractivity (Wildman–Crippen MR) is 135 cm³/mol. The zero-order valence-electron chi connectivity index (χ0n) is 18.9. The number of allylic oxidation sites excluding steroid dienone is 1. The van der Waals surface area contributed by atoms with Gasteiger partial charge in [0, 0.05) is 19.3 Å². The lowest BCUT2D eigenvalue weighted by Gasteiger charge is -2.09. The van der Waals surface area contributed by atoms with Gasteiger partial charge in [-0.2, -0.15) is 0 Å². The Morgan fingerprint density at radius 1 is 0.968 bits per heavy atom. The summed E-state index contributed by atoms with van der Waals surface area (Å²) in [5.41, 5.74) is 7.36. The van der Waals surface area contributed by atoms with Crippen molar-refractivity contribution in [3.05, 3.63) is 109 Å². The molecule has 3 heteroatoms. The maximum absolute atomic E-state index is 4.25. The average Bonchev–Trinajstić information content (AvgIpc) is 2.80. The molecule has 0 aliphatic carbocycles. The molecule has 1 heterocycles. The van der Waals surface area contributed by atoms with Crippen molar-refractivity contribution >= 4 is 5.57 Å². The van der Waals surface area contributed by atoms with Crippen LogP contribution in [-0.2, 0) is 6.54 Å². The first-order chi connectivity index (χ1) is 15.1. The van der Waals surface area contributed by atoms with E-state index >= 15 is 0 Å². The fourth-order valence-corrected chi connectivity index (χ4v) is 3.24. The number of nitrogens with zero attached hydrogens (tertiary/aromatic N) is 1. The van der Waals surface area contributed by atoms with Crippen molar-refractivity contribution in [1.29, 1.82) is 0 Å². The third-order valence-electron chi connectivity index (χ3n) is 4.90. The molecule has 2 aromatic carbocycles. The minimum absolute atomic E-state index is 0.848. The average molecular weight is 414 g/mol. The Morgan fingerprint density at radius 3 is 2.42 bits per heavy atom. The second kappa shape index (κ2) is 13.9. The van der Waals surface area contributed by atoms with Crippen molar-refractivity contribution in [2.75, 3.05) is 13.6 Å². The SMILES string of the molecule is C=CNCCCCC(=C)c1cccc(-c2cccc(C)c2)c1.CNCc1ccccn1. The van der Waals surface area contributed by atoms with Gasteiger partial charge in [0.15, 0.2) is 0 Å². The van der Waals surface area contributed by atoms with Crippen LogP contribution < -0.4 is 10.6 Å². The molecule has 2 N–H and O–H groups in total. The van der Waals surface area contributed by atoms with E-state index in [2.05, 4.69) is 84.2 Å². The summed E-state index contributed by atoms with van der Waals surface area (Å²) in [6, 6.07) is 23.2. The van der Waals surface area contributed by atoms with Crippen LogP contribution in [0, 0.1) is 6.92 Å². The van der Waals surface area contributed by atoms with Crippen LogP contribution in [0.5, 0.6) is 0 Å². The molecule has 0 aliphatic rings. The normalized spacial score (nSPS) is 10.0. The number of unbranched alkanes of at least 4 members (excludes halogenated alkanes) is 1. The number of aromatic nitrogens is 1. The first-order valence-electron chi connectivity index (χ1n) is 10.9. The molecule has 0 fully saturated rings. The quantitative estimate of drug-likeness (QED) is 0.379. The molecule has 1 aromatic heterocycles. The van der Waals surface area contributed by atoms with Gasteiger partial charge in [-0.3, -0.25) is 4.98 Å². The third kappa shape index (κ3) is 9.02. The summed E-state index contributed by atoms with van der Waals surface area (Å²) < 4.78 is 0. The van der Waals surface area contributed by atoms with Gasteiger partial charge < -0.3 is 10.6 Å². The van der Waals surface area contributed by atoms with E-state index in [1.165, 1.54) is 27.8 Å². The molecule has 0 radical (unpaired) electrons. The van der Waals surface area contributed by atoms with Crippen LogP contribution in [0.1, 0.15) is 36.1 Å². The van der Waals surface area contributed by atoms with E-state index in [4.69, 9.17) is 0 Å². The second-order valence-electron chi connectivity index (χ2n) is 7.52. The topological polar surface area (TPSA) is 37.0 Å². The van der Waals surface area contributed by atoms with Crippen LogP contribution in [0.15, 0.2) is 92.3 Å². The molecule has 3 nitrogen and oxygen atoms in total. The van der Waals surface area contributed by atoms with Gasteiger partial charge >= 0.3 is 0 Å². The van der Waals surface area contributed by atoms with Crippen LogP contribution in [0.3, 0.4) is 0 Å². The van der Waals surface area contributed by atoms with E-state index in [0.29, 0.717) is 0 Å². The highest BCUT2D eigenvalue weighted by Crippen LogP contribution is 2.26. The Morgan fingerprint density at radius 2 is 1.74 bits per heavy atom. The van der Waals surface area contributed by atoms with E-state index in [1.807, 2.05) is 25.2 Å². The summed E-state index contributed by atoms with van der Waals surface area (Å²) in [6.07, 6.45) is 6.87. The number of rotatable bonds is 10. The number of hydrogen-bond donors (Lipinski definition) is 2. The largest absolute Gasteiger partial charge is 0.391 e. The van der Waals surface area contributed by atoms with Gasteiger partial charge in [0.25, 0.3) is 0 Å². The van der Waals surface area contributed by atoms with Gasteiger partial charge in [-0.15, -0.1) is 0 Å². The summed E-state index contributed by atoms with van der Waals surface area (Å²) in [4.78, 5) is 4.11. The van der Waals surface area contributed by atoms with E-state index < -0.39 is 0 Å². The number of pyridine rings is 1. The number of benzene rings is 2. The van der Waals surface area contributed by atoms with Crippen LogP contribution >= 0.6 is 0 Å². The Bertz CT molecular complexity index is 932. The van der Waals surface area contributed by atoms with Gasteiger partial charge in [0.2, 0.25) is 0 Å². The fraction of sp³-hybridized carbons (Fsp3) is 0.250. The molecule has 3 rings (SSSR count). The zero-order chi connectivity index (χ0) is 22.3. The minimum Gasteiger partial charge on any atom is -0.391 e. The van der Waals surface area contributed by atoms with Gasteiger partial charge in [-0.1, -0.05) is 67.3 Å². The summed E-state index contributed by atoms with van der Waals surface area (Å²) >= 11 is 0. The number of hydrogen-bond acceptors (Lipinski definition) is 3. The Balaban J connectivity index is 0.000000316. The van der Waals surface area contributed by atoms with Gasteiger partial charge in [-0.05, 0) is 79.9 Å². The monoisotopic (exact) mass is 413 g/mol. The molecule has 0 bridgehead atoms. The smallest absolute Gasteiger partial charge is 0.0541 e. The van der Waals surface area contributed by atoms with Gasteiger partial charge in [-0.25, -0.2) is 0 Å².